The quantitative estimate of drug-likeness (QED) is 0.692. The highest BCUT2D eigenvalue weighted by atomic mass is 19.3. The second kappa shape index (κ2) is 7.44. The topological polar surface area (TPSA) is 87.1 Å². The van der Waals surface area contributed by atoms with E-state index in [0.717, 1.165) is 18.4 Å². The molecule has 0 unspecified atom stereocenters. The van der Waals surface area contributed by atoms with Gasteiger partial charge in [-0.25, -0.2) is 13.5 Å². The van der Waals surface area contributed by atoms with Gasteiger partial charge in [0.05, 0.1) is 25.3 Å². The van der Waals surface area contributed by atoms with Crippen molar-refractivity contribution in [3.8, 4) is 0 Å². The van der Waals surface area contributed by atoms with E-state index in [1.165, 1.54) is 15.8 Å². The molecule has 2 saturated heterocycles. The smallest absolute Gasteiger partial charge is 0.276 e. The lowest BCUT2D eigenvalue weighted by atomic mass is 10.1. The standard InChI is InChI=1S/C21H22F2N6O2/c22-21(23)10-14(11-28-12-18(25-26-28)20(31)27-8-1-2-9-27)29(13-21)19(30)16-4-3-5-17-15(16)6-7-24-17/h3-7,12,14,24H,1-2,8-11,13H2/t14-/m0/s1. The van der Waals surface area contributed by atoms with Crippen LogP contribution in [0.1, 0.15) is 40.1 Å². The number of aromatic nitrogens is 4. The Morgan fingerprint density at radius 1 is 1.16 bits per heavy atom. The number of H-pyrrole nitrogens is 1. The first-order chi connectivity index (χ1) is 14.9. The number of carbonyl (C=O) groups excluding carboxylic acids is 2. The predicted molar refractivity (Wildman–Crippen MR) is 108 cm³/mol. The number of aromatic amines is 1. The van der Waals surface area contributed by atoms with Gasteiger partial charge >= 0.3 is 0 Å². The van der Waals surface area contributed by atoms with Gasteiger partial charge in [0.1, 0.15) is 0 Å². The number of likely N-dealkylation sites (tertiary alicyclic amines) is 2. The number of fused-ring (bicyclic) bond motifs is 1. The Morgan fingerprint density at radius 2 is 1.97 bits per heavy atom. The molecule has 2 aromatic heterocycles. The van der Waals surface area contributed by atoms with Crippen molar-refractivity contribution in [2.75, 3.05) is 19.6 Å². The number of alkyl halides is 2. The van der Waals surface area contributed by atoms with Crippen molar-refractivity contribution < 1.29 is 18.4 Å². The summed E-state index contributed by atoms with van der Waals surface area (Å²) in [5.74, 6) is -3.63. The van der Waals surface area contributed by atoms with Crippen LogP contribution in [0.2, 0.25) is 0 Å². The molecule has 0 aliphatic carbocycles. The van der Waals surface area contributed by atoms with E-state index in [4.69, 9.17) is 0 Å². The molecule has 0 radical (unpaired) electrons. The van der Waals surface area contributed by atoms with Crippen molar-refractivity contribution in [1.29, 1.82) is 0 Å². The van der Waals surface area contributed by atoms with Gasteiger partial charge in [0, 0.05) is 42.2 Å². The van der Waals surface area contributed by atoms with E-state index >= 15 is 0 Å². The summed E-state index contributed by atoms with van der Waals surface area (Å²) in [4.78, 5) is 31.6. The molecule has 1 N–H and O–H groups in total. The van der Waals surface area contributed by atoms with E-state index < -0.39 is 30.8 Å². The number of benzene rings is 1. The molecule has 2 fully saturated rings. The minimum atomic E-state index is -2.98. The van der Waals surface area contributed by atoms with Crippen LogP contribution in [-0.2, 0) is 6.54 Å². The van der Waals surface area contributed by atoms with Crippen molar-refractivity contribution in [3.63, 3.8) is 0 Å². The lowest BCUT2D eigenvalue weighted by Gasteiger charge is -2.24. The molecule has 2 aliphatic heterocycles. The first kappa shape index (κ1) is 19.7. The normalized spacial score (nSPS) is 20.6. The van der Waals surface area contributed by atoms with Gasteiger partial charge < -0.3 is 14.8 Å². The minimum Gasteiger partial charge on any atom is -0.361 e. The number of carbonyl (C=O) groups is 2. The number of hydrogen-bond acceptors (Lipinski definition) is 4. The summed E-state index contributed by atoms with van der Waals surface area (Å²) in [6.45, 7) is 0.775. The fourth-order valence-electron chi connectivity index (χ4n) is 4.51. The van der Waals surface area contributed by atoms with Crippen molar-refractivity contribution in [3.05, 3.63) is 47.9 Å². The fraction of sp³-hybridized carbons (Fsp3) is 0.429. The Hall–Kier alpha value is -3.30. The summed E-state index contributed by atoms with van der Waals surface area (Å²) in [6, 6.07) is 6.21. The third-order valence-electron chi connectivity index (χ3n) is 6.01. The predicted octanol–water partition coefficient (Wildman–Crippen LogP) is 2.55. The highest BCUT2D eigenvalue weighted by Crippen LogP contribution is 2.34. The Balaban J connectivity index is 1.37. The second-order valence-electron chi connectivity index (χ2n) is 8.22. The number of hydrogen-bond donors (Lipinski definition) is 1. The largest absolute Gasteiger partial charge is 0.361 e. The lowest BCUT2D eigenvalue weighted by molar-refractivity contribution is 0.0117. The van der Waals surface area contributed by atoms with Crippen LogP contribution in [0, 0.1) is 0 Å². The molecule has 0 bridgehead atoms. The first-order valence-electron chi connectivity index (χ1n) is 10.4. The molecule has 3 aromatic rings. The molecular formula is C21H22F2N6O2. The van der Waals surface area contributed by atoms with Crippen molar-refractivity contribution in [2.45, 2.75) is 37.8 Å². The van der Waals surface area contributed by atoms with Crippen LogP contribution in [0.4, 0.5) is 8.78 Å². The molecule has 0 spiro atoms. The third kappa shape index (κ3) is 3.66. The summed E-state index contributed by atoms with van der Waals surface area (Å²) >= 11 is 0. The molecule has 5 rings (SSSR count). The molecule has 0 saturated carbocycles. The van der Waals surface area contributed by atoms with E-state index in [0.29, 0.717) is 24.0 Å². The number of amides is 2. The summed E-state index contributed by atoms with van der Waals surface area (Å²) in [5.41, 5.74) is 1.35. The van der Waals surface area contributed by atoms with Crippen LogP contribution in [-0.4, -0.2) is 73.2 Å². The van der Waals surface area contributed by atoms with Gasteiger partial charge in [-0.1, -0.05) is 11.3 Å². The van der Waals surface area contributed by atoms with E-state index in [2.05, 4.69) is 15.3 Å². The zero-order valence-corrected chi connectivity index (χ0v) is 16.8. The van der Waals surface area contributed by atoms with Crippen LogP contribution in [0.25, 0.3) is 10.9 Å². The fourth-order valence-corrected chi connectivity index (χ4v) is 4.51. The summed E-state index contributed by atoms with van der Waals surface area (Å²) < 4.78 is 30.0. The molecule has 162 valence electrons. The summed E-state index contributed by atoms with van der Waals surface area (Å²) in [5, 5.41) is 8.58. The van der Waals surface area contributed by atoms with Crippen LogP contribution in [0.5, 0.6) is 0 Å². The van der Waals surface area contributed by atoms with Crippen molar-refractivity contribution in [1.82, 2.24) is 29.8 Å². The average Bonchev–Trinajstić information content (AvgIpc) is 3.53. The maximum atomic E-state index is 14.3. The Bertz CT molecular complexity index is 1130. The molecule has 1 aromatic carbocycles. The molecule has 1 atom stereocenters. The maximum absolute atomic E-state index is 14.3. The van der Waals surface area contributed by atoms with Crippen molar-refractivity contribution >= 4 is 22.7 Å². The molecular weight excluding hydrogens is 406 g/mol. The average molecular weight is 428 g/mol. The highest BCUT2D eigenvalue weighted by Gasteiger charge is 2.47. The zero-order valence-electron chi connectivity index (χ0n) is 16.8. The number of halogens is 2. The monoisotopic (exact) mass is 428 g/mol. The van der Waals surface area contributed by atoms with Gasteiger partial charge in [0.15, 0.2) is 5.69 Å². The Labute approximate surface area is 176 Å². The first-order valence-corrected chi connectivity index (χ1v) is 10.4. The number of nitrogens with zero attached hydrogens (tertiary/aromatic N) is 5. The summed E-state index contributed by atoms with van der Waals surface area (Å²) in [7, 11) is 0. The van der Waals surface area contributed by atoms with Gasteiger partial charge in [-0.15, -0.1) is 5.10 Å². The second-order valence-corrected chi connectivity index (χ2v) is 8.22. The maximum Gasteiger partial charge on any atom is 0.276 e. The minimum absolute atomic E-state index is 0.0464. The zero-order chi connectivity index (χ0) is 21.6. The van der Waals surface area contributed by atoms with E-state index in [9.17, 15) is 18.4 Å². The number of nitrogens with one attached hydrogen (secondary N) is 1. The van der Waals surface area contributed by atoms with Crippen LogP contribution >= 0.6 is 0 Å². The Kier molecular flexibility index (Phi) is 4.71. The van der Waals surface area contributed by atoms with Gasteiger partial charge in [-0.3, -0.25) is 9.59 Å². The highest BCUT2D eigenvalue weighted by molar-refractivity contribution is 6.06. The van der Waals surface area contributed by atoms with Gasteiger partial charge in [-0.05, 0) is 31.0 Å². The molecule has 2 aliphatic rings. The summed E-state index contributed by atoms with van der Waals surface area (Å²) in [6.07, 6.45) is 4.65. The van der Waals surface area contributed by atoms with E-state index in [1.807, 2.05) is 6.07 Å². The third-order valence-corrected chi connectivity index (χ3v) is 6.01. The van der Waals surface area contributed by atoms with Crippen LogP contribution in [0.3, 0.4) is 0 Å². The van der Waals surface area contributed by atoms with Crippen molar-refractivity contribution in [2.24, 2.45) is 0 Å². The van der Waals surface area contributed by atoms with Crippen LogP contribution in [0.15, 0.2) is 36.7 Å². The Morgan fingerprint density at radius 3 is 2.77 bits per heavy atom. The van der Waals surface area contributed by atoms with E-state index in [-0.39, 0.29) is 18.1 Å². The van der Waals surface area contributed by atoms with Gasteiger partial charge in [0.2, 0.25) is 0 Å². The van der Waals surface area contributed by atoms with Crippen LogP contribution < -0.4 is 0 Å². The number of rotatable bonds is 4. The van der Waals surface area contributed by atoms with E-state index in [1.54, 1.807) is 29.3 Å². The molecule has 10 heteroatoms. The molecule has 31 heavy (non-hydrogen) atoms. The lowest BCUT2D eigenvalue weighted by Crippen LogP contribution is -2.39. The molecule has 8 nitrogen and oxygen atoms in total. The van der Waals surface area contributed by atoms with Gasteiger partial charge in [-0.2, -0.15) is 0 Å². The molecule has 4 heterocycles. The molecule has 2 amide bonds. The SMILES string of the molecule is O=C(c1cn(C[C@@H]2CC(F)(F)CN2C(=O)c2cccc3[nH]ccc23)nn1)N1CCCC1. The van der Waals surface area contributed by atoms with Gasteiger partial charge in [0.25, 0.3) is 17.7 Å².